The molecule has 1 saturated heterocycles. The van der Waals surface area contributed by atoms with E-state index in [1.165, 1.54) is 12.1 Å². The molecule has 1 aromatic rings. The number of hydrogen-bond acceptors (Lipinski definition) is 3. The third-order valence-corrected chi connectivity index (χ3v) is 3.74. The number of ether oxygens (including phenoxy) is 1. The molecule has 0 spiro atoms. The average Bonchev–Trinajstić information content (AvgIpc) is 3.02. The fourth-order valence-corrected chi connectivity index (χ4v) is 2.54. The number of halogens is 2. The van der Waals surface area contributed by atoms with Gasteiger partial charge in [0, 0.05) is 45.3 Å². The van der Waals surface area contributed by atoms with Crippen LogP contribution in [0.3, 0.4) is 0 Å². The average molecular weight is 432 g/mol. The molecule has 2 rings (SSSR count). The number of guanidine groups is 1. The highest BCUT2D eigenvalue weighted by atomic mass is 127. The van der Waals surface area contributed by atoms with E-state index in [4.69, 9.17) is 10.00 Å². The van der Waals surface area contributed by atoms with Crippen molar-refractivity contribution in [3.63, 3.8) is 0 Å². The molecule has 0 aromatic heterocycles. The SMILES string of the molecule is CN=C(NCc1cc(C#N)ccc1F)N(C)CC1CCOC1.I. The lowest BCUT2D eigenvalue weighted by Gasteiger charge is -2.24. The van der Waals surface area contributed by atoms with Crippen molar-refractivity contribution >= 4 is 29.9 Å². The zero-order chi connectivity index (χ0) is 15.9. The highest BCUT2D eigenvalue weighted by molar-refractivity contribution is 14.0. The van der Waals surface area contributed by atoms with Crippen LogP contribution in [0.5, 0.6) is 0 Å². The topological polar surface area (TPSA) is 60.7 Å². The fourth-order valence-electron chi connectivity index (χ4n) is 2.54. The van der Waals surface area contributed by atoms with Crippen LogP contribution >= 0.6 is 24.0 Å². The van der Waals surface area contributed by atoms with E-state index in [1.807, 2.05) is 18.0 Å². The maximum atomic E-state index is 13.8. The highest BCUT2D eigenvalue weighted by Crippen LogP contribution is 2.14. The van der Waals surface area contributed by atoms with Crippen molar-refractivity contribution in [2.24, 2.45) is 10.9 Å². The number of benzene rings is 1. The van der Waals surface area contributed by atoms with Crippen molar-refractivity contribution in [3.05, 3.63) is 35.1 Å². The summed E-state index contributed by atoms with van der Waals surface area (Å²) in [6.45, 7) is 2.73. The molecule has 1 unspecified atom stereocenters. The van der Waals surface area contributed by atoms with Gasteiger partial charge < -0.3 is 15.0 Å². The molecule has 0 amide bonds. The Morgan fingerprint density at radius 3 is 2.96 bits per heavy atom. The van der Waals surface area contributed by atoms with Crippen LogP contribution in [0.25, 0.3) is 0 Å². The first-order valence-corrected chi connectivity index (χ1v) is 7.32. The van der Waals surface area contributed by atoms with Gasteiger partial charge in [-0.3, -0.25) is 4.99 Å². The second-order valence-electron chi connectivity index (χ2n) is 5.43. The van der Waals surface area contributed by atoms with Gasteiger partial charge in [0.25, 0.3) is 0 Å². The van der Waals surface area contributed by atoms with Crippen molar-refractivity contribution in [1.29, 1.82) is 5.26 Å². The first kappa shape index (κ1) is 19.6. The van der Waals surface area contributed by atoms with Crippen LogP contribution < -0.4 is 5.32 Å². The van der Waals surface area contributed by atoms with Gasteiger partial charge >= 0.3 is 0 Å². The molecule has 7 heteroatoms. The highest BCUT2D eigenvalue weighted by Gasteiger charge is 2.19. The first-order valence-electron chi connectivity index (χ1n) is 7.32. The lowest BCUT2D eigenvalue weighted by atomic mass is 10.1. The quantitative estimate of drug-likeness (QED) is 0.451. The Morgan fingerprint density at radius 1 is 1.57 bits per heavy atom. The molecular weight excluding hydrogens is 410 g/mol. The number of rotatable bonds is 4. The first-order chi connectivity index (χ1) is 10.6. The van der Waals surface area contributed by atoms with Gasteiger partial charge in [0.15, 0.2) is 5.96 Å². The molecule has 1 aliphatic rings. The second kappa shape index (κ2) is 9.67. The molecule has 0 saturated carbocycles. The van der Waals surface area contributed by atoms with E-state index in [2.05, 4.69) is 10.3 Å². The van der Waals surface area contributed by atoms with Gasteiger partial charge in [-0.2, -0.15) is 5.26 Å². The van der Waals surface area contributed by atoms with Gasteiger partial charge in [-0.1, -0.05) is 0 Å². The summed E-state index contributed by atoms with van der Waals surface area (Å²) in [5, 5.41) is 12.0. The maximum Gasteiger partial charge on any atom is 0.193 e. The Hall–Kier alpha value is -1.40. The molecule has 5 nitrogen and oxygen atoms in total. The Balaban J connectivity index is 0.00000264. The van der Waals surface area contributed by atoms with Crippen LogP contribution in [0, 0.1) is 23.1 Å². The largest absolute Gasteiger partial charge is 0.381 e. The van der Waals surface area contributed by atoms with Crippen LogP contribution in [0.1, 0.15) is 17.5 Å². The Kier molecular flexibility index (Phi) is 8.26. The van der Waals surface area contributed by atoms with Gasteiger partial charge in [-0.15, -0.1) is 24.0 Å². The van der Waals surface area contributed by atoms with E-state index in [0.29, 0.717) is 29.5 Å². The molecule has 0 aliphatic carbocycles. The van der Waals surface area contributed by atoms with E-state index >= 15 is 0 Å². The smallest absolute Gasteiger partial charge is 0.193 e. The van der Waals surface area contributed by atoms with Gasteiger partial charge in [0.1, 0.15) is 5.82 Å². The third-order valence-electron chi connectivity index (χ3n) is 3.74. The van der Waals surface area contributed by atoms with Crippen molar-refractivity contribution in [2.75, 3.05) is 33.9 Å². The van der Waals surface area contributed by atoms with Gasteiger partial charge in [0.05, 0.1) is 18.2 Å². The summed E-state index contributed by atoms with van der Waals surface area (Å²) in [4.78, 5) is 6.24. The molecular formula is C16H22FIN4O. The van der Waals surface area contributed by atoms with Gasteiger partial charge in [-0.05, 0) is 24.6 Å². The van der Waals surface area contributed by atoms with Crippen LogP contribution in [0.2, 0.25) is 0 Å². The minimum absolute atomic E-state index is 0. The van der Waals surface area contributed by atoms with E-state index < -0.39 is 0 Å². The molecule has 1 N–H and O–H groups in total. The number of hydrogen-bond donors (Lipinski definition) is 1. The van der Waals surface area contributed by atoms with Crippen LogP contribution in [0.15, 0.2) is 23.2 Å². The molecule has 23 heavy (non-hydrogen) atoms. The number of nitriles is 1. The van der Waals surface area contributed by atoms with Crippen LogP contribution in [-0.2, 0) is 11.3 Å². The predicted molar refractivity (Wildman–Crippen MR) is 98.3 cm³/mol. The minimum atomic E-state index is -0.325. The molecule has 1 heterocycles. The summed E-state index contributed by atoms with van der Waals surface area (Å²) < 4.78 is 19.1. The standard InChI is InChI=1S/C16H21FN4O.HI/c1-19-16(21(2)10-13-5-6-22-11-13)20-9-14-7-12(8-18)3-4-15(14)17;/h3-4,7,13H,5-6,9-11H2,1-2H3,(H,19,20);1H. The van der Waals surface area contributed by atoms with E-state index in [9.17, 15) is 4.39 Å². The summed E-state index contributed by atoms with van der Waals surface area (Å²) in [7, 11) is 3.65. The Morgan fingerprint density at radius 2 is 2.35 bits per heavy atom. The van der Waals surface area contributed by atoms with E-state index in [1.54, 1.807) is 13.1 Å². The van der Waals surface area contributed by atoms with Crippen molar-refractivity contribution < 1.29 is 9.13 Å². The zero-order valence-electron chi connectivity index (χ0n) is 13.4. The summed E-state index contributed by atoms with van der Waals surface area (Å²) >= 11 is 0. The number of nitrogens with one attached hydrogen (secondary N) is 1. The Labute approximate surface area is 153 Å². The summed E-state index contributed by atoms with van der Waals surface area (Å²) in [5.41, 5.74) is 0.905. The fraction of sp³-hybridized carbons (Fsp3) is 0.500. The molecule has 0 radical (unpaired) electrons. The summed E-state index contributed by atoms with van der Waals surface area (Å²) in [6, 6.07) is 6.36. The molecule has 1 atom stereocenters. The Bertz CT molecular complexity index is 582. The van der Waals surface area contributed by atoms with Gasteiger partial charge in [0.2, 0.25) is 0 Å². The zero-order valence-corrected chi connectivity index (χ0v) is 15.7. The van der Waals surface area contributed by atoms with Crippen molar-refractivity contribution in [3.8, 4) is 6.07 Å². The molecule has 0 bridgehead atoms. The molecule has 126 valence electrons. The molecule has 1 aliphatic heterocycles. The second-order valence-corrected chi connectivity index (χ2v) is 5.43. The van der Waals surface area contributed by atoms with E-state index in [-0.39, 0.29) is 29.8 Å². The summed E-state index contributed by atoms with van der Waals surface area (Å²) in [5.74, 6) is 0.879. The lowest BCUT2D eigenvalue weighted by molar-refractivity contribution is 0.181. The summed E-state index contributed by atoms with van der Waals surface area (Å²) in [6.07, 6.45) is 1.06. The van der Waals surface area contributed by atoms with E-state index in [0.717, 1.165) is 26.2 Å². The maximum absolute atomic E-state index is 13.8. The van der Waals surface area contributed by atoms with Crippen LogP contribution in [0.4, 0.5) is 4.39 Å². The van der Waals surface area contributed by atoms with Crippen molar-refractivity contribution in [2.45, 2.75) is 13.0 Å². The monoisotopic (exact) mass is 432 g/mol. The van der Waals surface area contributed by atoms with Crippen LogP contribution in [-0.4, -0.2) is 44.7 Å². The minimum Gasteiger partial charge on any atom is -0.381 e. The normalized spacial score (nSPS) is 17.3. The van der Waals surface area contributed by atoms with Gasteiger partial charge in [-0.25, -0.2) is 4.39 Å². The number of nitrogens with zero attached hydrogens (tertiary/aromatic N) is 3. The predicted octanol–water partition coefficient (Wildman–Crippen LogP) is 2.36. The van der Waals surface area contributed by atoms with Crippen molar-refractivity contribution in [1.82, 2.24) is 10.2 Å². The third kappa shape index (κ3) is 5.62. The lowest BCUT2D eigenvalue weighted by Crippen LogP contribution is -2.41. The number of aliphatic imine (C=N–C) groups is 1. The molecule has 1 aromatic carbocycles. The molecule has 1 fully saturated rings.